The number of nitrogens with zero attached hydrogens (tertiary/aromatic N) is 23. The summed E-state index contributed by atoms with van der Waals surface area (Å²) < 4.78 is 75.1. The second kappa shape index (κ2) is 38.4. The van der Waals surface area contributed by atoms with Crippen LogP contribution in [0.5, 0.6) is 0 Å². The molecule has 4 aromatic carbocycles. The number of nitrogens with two attached hydrogens (primary N) is 5. The molecule has 0 spiro atoms. The molecule has 12 heterocycles. The van der Waals surface area contributed by atoms with Crippen molar-refractivity contribution in [2.45, 2.75) is 98.6 Å². The average Bonchev–Trinajstić information content (AvgIpc) is 1.68. The molecule has 0 saturated heterocycles. The van der Waals surface area contributed by atoms with Crippen molar-refractivity contribution in [1.82, 2.24) is 98.0 Å². The lowest BCUT2D eigenvalue weighted by molar-refractivity contribution is -0.136. The van der Waals surface area contributed by atoms with Crippen LogP contribution in [0, 0.1) is 86.2 Å². The minimum Gasteiger partial charge on any atom is -0.384 e. The van der Waals surface area contributed by atoms with Gasteiger partial charge >= 0.3 is 6.18 Å². The van der Waals surface area contributed by atoms with Crippen LogP contribution < -0.4 is 72.2 Å². The third-order valence-corrected chi connectivity index (χ3v) is 22.1. The standard InChI is InChI=1S/C23H19ClFN9O.C23H19F3N8O.C21H16Cl2N8O.C20H16Cl2FN7O/c1-10-30-20(28)13(8-26)21(31-10)32-18(11-2-3-11)22-33-19-15(25)6-5-14(24)17(19)23(35)34(22)12-4-7-16(27)29-9-12;1-11-7-8-29-10-17(11)34-21(12(2)30-20-14(9-27)19(28)31-13(3)32-20)33-16-6-4-5-15(23(24,25)26)18(16)22(34)35;1-10(27-19-13(8-24)18(25)28-11(2)29-19)20-30-17-15(23)6-5-14(22)16(17)21(32)31(20)12-4-3-7-26-9-12;1-9(26-18-16(22)17(24)27-10(2)28-18)19-29-14-5-3-4-13(21)15(14)20(31)30(19)12-6-11(23)7-25-8-12/h4-7,9,11,18H,2-3H2,1H3,(H2,27,29)(H3,28,30,31,32);4-8,10,12H,1-3H3,(H3,28,30,31,32);3-7,9-10H,1-2H3,(H3,25,27,28,29);3-9H,1-2H3,(H3,24,26,27,28)/t18-;12-;10-;9-/m0000/s1. The maximum Gasteiger partial charge on any atom is 0.417 e. The van der Waals surface area contributed by atoms with Crippen LogP contribution in [0.25, 0.3) is 66.4 Å². The van der Waals surface area contributed by atoms with Crippen LogP contribution >= 0.6 is 58.0 Å². The van der Waals surface area contributed by atoms with Gasteiger partial charge in [0.1, 0.15) is 133 Å². The molecular weight excluding hydrogens is 1830 g/mol. The van der Waals surface area contributed by atoms with Crippen LogP contribution in [0.1, 0.15) is 132 Å². The van der Waals surface area contributed by atoms with E-state index in [0.717, 1.165) is 35.7 Å². The Labute approximate surface area is 773 Å². The first-order chi connectivity index (χ1) is 63.4. The molecule has 0 radical (unpaired) electrons. The van der Waals surface area contributed by atoms with E-state index in [4.69, 9.17) is 86.7 Å². The van der Waals surface area contributed by atoms with E-state index in [1.54, 1.807) is 122 Å². The number of anilines is 9. The number of alkyl halides is 3. The molecule has 46 heteroatoms. The summed E-state index contributed by atoms with van der Waals surface area (Å²) in [6.45, 7) is 13.4. The van der Waals surface area contributed by atoms with Gasteiger partial charge in [0, 0.05) is 18.5 Å². The SMILES string of the molecule is Cc1nc(N)c(C#N)c(N[C@@H](C)c2nc3c(Cl)ccc(Cl)c3c(=O)n2-c2cccnc2)n1.Cc1nc(N)c(C#N)c(N[C@@H](C)c2nc3cccc(C(F)(F)F)c3c(=O)n2-c2cnccc2C)n1.Cc1nc(N)c(C#N)c(N[C@H](c2nc3c(F)ccc(Cl)c3c(=O)n2-c2ccc(N)nc2)C2CC2)n1.Cc1nc(N)c(Cl)c(N[C@@H](C)c2nc3cccc(Cl)c3c(=O)n2-c2cncc(F)c2)n1. The predicted octanol–water partition coefficient (Wildman–Crippen LogP) is 15.0. The Hall–Kier alpha value is -15.9. The molecule has 0 aliphatic heterocycles. The summed E-state index contributed by atoms with van der Waals surface area (Å²) in [6.07, 6.45) is 6.75. The van der Waals surface area contributed by atoms with E-state index in [9.17, 15) is 56.9 Å². The van der Waals surface area contributed by atoms with Gasteiger partial charge in [-0.3, -0.25) is 52.4 Å². The molecule has 12 aromatic heterocycles. The van der Waals surface area contributed by atoms with Gasteiger partial charge in [-0.05, 0) is 159 Å². The van der Waals surface area contributed by atoms with Crippen molar-refractivity contribution in [3.05, 3.63) is 293 Å². The van der Waals surface area contributed by atoms with E-state index in [-0.39, 0.29) is 162 Å². The van der Waals surface area contributed by atoms with Crippen LogP contribution in [-0.2, 0) is 6.18 Å². The van der Waals surface area contributed by atoms with E-state index in [2.05, 4.69) is 101 Å². The highest BCUT2D eigenvalue weighted by atomic mass is 35.5. The van der Waals surface area contributed by atoms with Gasteiger partial charge in [0.2, 0.25) is 0 Å². The summed E-state index contributed by atoms with van der Waals surface area (Å²) in [5, 5.41) is 41.9. The van der Waals surface area contributed by atoms with Gasteiger partial charge in [-0.1, -0.05) is 70.1 Å². The molecule has 133 heavy (non-hydrogen) atoms. The maximum atomic E-state index is 14.8. The molecule has 0 unspecified atom stereocenters. The highest BCUT2D eigenvalue weighted by molar-refractivity contribution is 6.40. The van der Waals surface area contributed by atoms with Gasteiger partial charge in [0.15, 0.2) is 23.3 Å². The Kier molecular flexibility index (Phi) is 27.0. The number of nitrogens with one attached hydrogen (secondary N) is 4. The van der Waals surface area contributed by atoms with Gasteiger partial charge in [-0.2, -0.15) is 29.0 Å². The van der Waals surface area contributed by atoms with Crippen LogP contribution in [0.4, 0.5) is 74.3 Å². The zero-order valence-corrected chi connectivity index (χ0v) is 74.4. The molecule has 14 N–H and O–H groups in total. The first-order valence-electron chi connectivity index (χ1n) is 39.7. The number of benzene rings is 4. The Morgan fingerprint density at radius 3 is 1.44 bits per heavy atom. The third kappa shape index (κ3) is 19.3. The fourth-order valence-corrected chi connectivity index (χ4v) is 15.4. The molecule has 1 saturated carbocycles. The Morgan fingerprint density at radius 1 is 0.436 bits per heavy atom. The minimum atomic E-state index is -4.76. The van der Waals surface area contributed by atoms with Crippen molar-refractivity contribution in [3.63, 3.8) is 0 Å². The second-order valence-electron chi connectivity index (χ2n) is 29.8. The van der Waals surface area contributed by atoms with E-state index in [1.807, 2.05) is 18.2 Å². The second-order valence-corrected chi connectivity index (χ2v) is 31.8. The molecule has 16 aromatic rings. The van der Waals surface area contributed by atoms with Gasteiger partial charge in [0.25, 0.3) is 22.2 Å². The van der Waals surface area contributed by atoms with Crippen LogP contribution in [0.15, 0.2) is 160 Å². The van der Waals surface area contributed by atoms with E-state index in [1.165, 1.54) is 69.0 Å². The molecule has 1 aliphatic carbocycles. The number of halogens is 10. The van der Waals surface area contributed by atoms with Crippen molar-refractivity contribution < 1.29 is 22.0 Å². The highest BCUT2D eigenvalue weighted by Gasteiger charge is 2.39. The summed E-state index contributed by atoms with van der Waals surface area (Å²) in [7, 11) is 0. The number of pyridine rings is 4. The molecule has 1 aliphatic rings. The lowest BCUT2D eigenvalue weighted by Gasteiger charge is -2.24. The lowest BCUT2D eigenvalue weighted by Crippen LogP contribution is -2.30. The zero-order valence-electron chi connectivity index (χ0n) is 70.7. The molecule has 672 valence electrons. The normalized spacial score (nSPS) is 12.6. The fourth-order valence-electron chi connectivity index (χ4n) is 14.3. The van der Waals surface area contributed by atoms with Crippen molar-refractivity contribution >= 4 is 154 Å². The van der Waals surface area contributed by atoms with Crippen LogP contribution in [-0.4, -0.2) is 98.0 Å². The lowest BCUT2D eigenvalue weighted by atomic mass is 10.1. The average molecular weight is 1900 g/mol. The number of fused-ring (bicyclic) bond motifs is 4. The topological polar surface area (TPSA) is 544 Å². The quantitative estimate of drug-likeness (QED) is 0.0382. The Bertz CT molecular complexity index is 7770. The van der Waals surface area contributed by atoms with Gasteiger partial charge < -0.3 is 49.9 Å². The van der Waals surface area contributed by atoms with E-state index in [0.29, 0.717) is 51.6 Å². The largest absolute Gasteiger partial charge is 0.417 e. The Balaban J connectivity index is 0.000000143. The maximum absolute atomic E-state index is 14.8. The third-order valence-electron chi connectivity index (χ3n) is 20.5. The number of hydrogen-bond donors (Lipinski definition) is 9. The van der Waals surface area contributed by atoms with Crippen molar-refractivity contribution in [2.24, 2.45) is 5.92 Å². The molecular formula is C87H70Cl5F5N32O4. The molecule has 17 rings (SSSR count). The first kappa shape index (κ1) is 93.3. The van der Waals surface area contributed by atoms with Crippen molar-refractivity contribution in [1.29, 1.82) is 15.8 Å². The predicted molar refractivity (Wildman–Crippen MR) is 494 cm³/mol. The molecule has 4 atom stereocenters. The van der Waals surface area contributed by atoms with Crippen LogP contribution in [0.3, 0.4) is 0 Å². The van der Waals surface area contributed by atoms with Gasteiger partial charge in [0.05, 0.1) is 142 Å². The minimum absolute atomic E-state index is 0.00551. The summed E-state index contributed by atoms with van der Waals surface area (Å²) in [4.78, 5) is 122. The summed E-state index contributed by atoms with van der Waals surface area (Å²) >= 11 is 31.5. The fraction of sp³-hybridized carbons (Fsp3) is 0.184. The molecule has 1 fully saturated rings. The van der Waals surface area contributed by atoms with Gasteiger partial charge in [-0.15, -0.1) is 0 Å². The number of hydrogen-bond acceptors (Lipinski definition) is 32. The molecule has 0 bridgehead atoms. The summed E-state index contributed by atoms with van der Waals surface area (Å²) in [5.41, 5.74) is 28.3. The smallest absolute Gasteiger partial charge is 0.384 e. The van der Waals surface area contributed by atoms with Gasteiger partial charge in [-0.25, -0.2) is 73.6 Å². The zero-order chi connectivity index (χ0) is 95.6. The van der Waals surface area contributed by atoms with E-state index >= 15 is 0 Å². The monoisotopic (exact) mass is 1900 g/mol. The summed E-state index contributed by atoms with van der Waals surface area (Å²) in [6, 6.07) is 26.7. The number of aromatic nitrogens is 20. The van der Waals surface area contributed by atoms with Crippen LogP contribution in [0.2, 0.25) is 25.1 Å². The number of aryl methyl sites for hydroxylation is 5. The van der Waals surface area contributed by atoms with E-state index < -0.39 is 75.2 Å². The number of rotatable bonds is 17. The number of nitriles is 3. The number of nitrogen functional groups attached to an aromatic ring is 5. The Morgan fingerprint density at radius 2 is 0.895 bits per heavy atom. The first-order valence-corrected chi connectivity index (χ1v) is 41.6. The summed E-state index contributed by atoms with van der Waals surface area (Å²) in [5.74, 6) is 2.41. The molecule has 36 nitrogen and oxygen atoms in total. The molecule has 0 amide bonds. The highest BCUT2D eigenvalue weighted by Crippen LogP contribution is 2.44. The van der Waals surface area contributed by atoms with Crippen molar-refractivity contribution in [3.8, 4) is 41.0 Å². The van der Waals surface area contributed by atoms with Crippen molar-refractivity contribution in [2.75, 3.05) is 49.9 Å².